The third-order valence-corrected chi connectivity index (χ3v) is 3.43. The zero-order valence-electron chi connectivity index (χ0n) is 10.5. The van der Waals surface area contributed by atoms with Crippen LogP contribution in [0.5, 0.6) is 11.5 Å². The molecule has 98 valence electrons. The van der Waals surface area contributed by atoms with Crippen molar-refractivity contribution in [1.82, 2.24) is 0 Å². The molecular formula is C15H14ClNO2. The molecule has 0 radical (unpaired) electrons. The molecule has 2 aromatic rings. The van der Waals surface area contributed by atoms with E-state index < -0.39 is 0 Å². The minimum Gasteiger partial charge on any atom is -0.497 e. The number of rotatable bonds is 2. The second-order valence-electron chi connectivity index (χ2n) is 4.42. The van der Waals surface area contributed by atoms with Gasteiger partial charge in [0.15, 0.2) is 0 Å². The van der Waals surface area contributed by atoms with Gasteiger partial charge < -0.3 is 14.8 Å². The Kier molecular flexibility index (Phi) is 3.22. The van der Waals surface area contributed by atoms with Crippen LogP contribution in [-0.4, -0.2) is 13.7 Å². The van der Waals surface area contributed by atoms with Crippen molar-refractivity contribution in [2.45, 2.75) is 6.04 Å². The van der Waals surface area contributed by atoms with Crippen LogP contribution in [0.4, 0.5) is 5.69 Å². The minimum atomic E-state index is 0.139. The van der Waals surface area contributed by atoms with Crippen molar-refractivity contribution in [3.8, 4) is 11.5 Å². The highest BCUT2D eigenvalue weighted by atomic mass is 35.5. The van der Waals surface area contributed by atoms with E-state index in [1.807, 2.05) is 42.5 Å². The molecule has 0 bridgehead atoms. The predicted octanol–water partition coefficient (Wildman–Crippen LogP) is 3.89. The first kappa shape index (κ1) is 12.2. The second kappa shape index (κ2) is 5.02. The van der Waals surface area contributed by atoms with Gasteiger partial charge in [0.25, 0.3) is 0 Å². The fourth-order valence-corrected chi connectivity index (χ4v) is 2.32. The number of halogens is 1. The van der Waals surface area contributed by atoms with Crippen molar-refractivity contribution in [1.29, 1.82) is 0 Å². The van der Waals surface area contributed by atoms with Gasteiger partial charge in [-0.05, 0) is 29.8 Å². The Balaban J connectivity index is 1.82. The molecule has 0 aromatic heterocycles. The number of nitrogens with one attached hydrogen (secondary N) is 1. The molecule has 0 unspecified atom stereocenters. The van der Waals surface area contributed by atoms with Gasteiger partial charge in [-0.25, -0.2) is 0 Å². The quantitative estimate of drug-likeness (QED) is 0.902. The van der Waals surface area contributed by atoms with Crippen LogP contribution >= 0.6 is 11.6 Å². The van der Waals surface area contributed by atoms with Gasteiger partial charge in [-0.15, -0.1) is 0 Å². The molecule has 0 amide bonds. The van der Waals surface area contributed by atoms with E-state index in [1.54, 1.807) is 7.11 Å². The van der Waals surface area contributed by atoms with Crippen molar-refractivity contribution < 1.29 is 9.47 Å². The van der Waals surface area contributed by atoms with Crippen LogP contribution < -0.4 is 14.8 Å². The molecule has 0 saturated heterocycles. The van der Waals surface area contributed by atoms with Gasteiger partial charge in [0.05, 0.1) is 18.8 Å². The Morgan fingerprint density at radius 3 is 2.74 bits per heavy atom. The number of methoxy groups -OCH3 is 1. The highest BCUT2D eigenvalue weighted by molar-refractivity contribution is 6.30. The molecule has 1 heterocycles. The summed E-state index contributed by atoms with van der Waals surface area (Å²) in [5.74, 6) is 1.66. The van der Waals surface area contributed by atoms with Gasteiger partial charge in [-0.3, -0.25) is 0 Å². The van der Waals surface area contributed by atoms with Crippen molar-refractivity contribution in [3.63, 3.8) is 0 Å². The molecule has 4 heteroatoms. The SMILES string of the molecule is COc1ccc([C@H]2COc3cc(Cl)ccc3N2)cc1. The first-order chi connectivity index (χ1) is 9.26. The number of anilines is 1. The van der Waals surface area contributed by atoms with Crippen LogP contribution in [0.1, 0.15) is 11.6 Å². The lowest BCUT2D eigenvalue weighted by atomic mass is 10.1. The molecule has 3 nitrogen and oxygen atoms in total. The Morgan fingerprint density at radius 2 is 2.00 bits per heavy atom. The van der Waals surface area contributed by atoms with Crippen molar-refractivity contribution in [2.75, 3.05) is 19.0 Å². The summed E-state index contributed by atoms with van der Waals surface area (Å²) in [7, 11) is 1.66. The van der Waals surface area contributed by atoms with Crippen LogP contribution in [0.2, 0.25) is 5.02 Å². The topological polar surface area (TPSA) is 30.5 Å². The van der Waals surface area contributed by atoms with Gasteiger partial charge in [0.1, 0.15) is 18.1 Å². The molecule has 2 aromatic carbocycles. The molecule has 3 rings (SSSR count). The van der Waals surface area contributed by atoms with E-state index in [1.165, 1.54) is 5.56 Å². The molecular weight excluding hydrogens is 262 g/mol. The maximum Gasteiger partial charge on any atom is 0.144 e. The lowest BCUT2D eigenvalue weighted by Crippen LogP contribution is -2.23. The normalized spacial score (nSPS) is 17.1. The molecule has 0 aliphatic carbocycles. The van der Waals surface area contributed by atoms with E-state index >= 15 is 0 Å². The summed E-state index contributed by atoms with van der Waals surface area (Å²) < 4.78 is 10.9. The minimum absolute atomic E-state index is 0.139. The number of benzene rings is 2. The molecule has 19 heavy (non-hydrogen) atoms. The molecule has 0 spiro atoms. The van der Waals surface area contributed by atoms with Crippen LogP contribution in [0.25, 0.3) is 0 Å². The number of hydrogen-bond acceptors (Lipinski definition) is 3. The first-order valence-electron chi connectivity index (χ1n) is 6.09. The summed E-state index contributed by atoms with van der Waals surface area (Å²) in [6, 6.07) is 13.7. The highest BCUT2D eigenvalue weighted by Gasteiger charge is 2.20. The molecule has 0 fully saturated rings. The van der Waals surface area contributed by atoms with E-state index in [-0.39, 0.29) is 6.04 Å². The summed E-state index contributed by atoms with van der Waals surface area (Å²) in [6.07, 6.45) is 0. The number of ether oxygens (including phenoxy) is 2. The number of hydrogen-bond donors (Lipinski definition) is 1. The van der Waals surface area contributed by atoms with E-state index in [4.69, 9.17) is 21.1 Å². The summed E-state index contributed by atoms with van der Waals surface area (Å²) >= 11 is 5.94. The van der Waals surface area contributed by atoms with Crippen molar-refractivity contribution >= 4 is 17.3 Å². The summed E-state index contributed by atoms with van der Waals surface area (Å²) in [4.78, 5) is 0. The van der Waals surface area contributed by atoms with E-state index in [0.717, 1.165) is 17.2 Å². The average Bonchev–Trinajstić information content (AvgIpc) is 2.47. The van der Waals surface area contributed by atoms with Crippen molar-refractivity contribution in [2.24, 2.45) is 0 Å². The third-order valence-electron chi connectivity index (χ3n) is 3.20. The summed E-state index contributed by atoms with van der Waals surface area (Å²) in [5.41, 5.74) is 2.14. The van der Waals surface area contributed by atoms with Gasteiger partial charge in [-0.1, -0.05) is 23.7 Å². The Hall–Kier alpha value is -1.87. The largest absolute Gasteiger partial charge is 0.497 e. The van der Waals surface area contributed by atoms with E-state index in [9.17, 15) is 0 Å². The summed E-state index contributed by atoms with van der Waals surface area (Å²) in [6.45, 7) is 0.583. The van der Waals surface area contributed by atoms with Crippen LogP contribution in [0.15, 0.2) is 42.5 Å². The van der Waals surface area contributed by atoms with Gasteiger partial charge >= 0.3 is 0 Å². The van der Waals surface area contributed by atoms with Crippen LogP contribution in [0.3, 0.4) is 0 Å². The Labute approximate surface area is 117 Å². The third kappa shape index (κ3) is 2.47. The lowest BCUT2D eigenvalue weighted by molar-refractivity contribution is 0.286. The zero-order chi connectivity index (χ0) is 13.2. The average molecular weight is 276 g/mol. The van der Waals surface area contributed by atoms with Gasteiger partial charge in [0, 0.05) is 11.1 Å². The number of fused-ring (bicyclic) bond motifs is 1. The van der Waals surface area contributed by atoms with E-state index in [0.29, 0.717) is 11.6 Å². The fraction of sp³-hybridized carbons (Fsp3) is 0.200. The van der Waals surface area contributed by atoms with Crippen LogP contribution in [-0.2, 0) is 0 Å². The zero-order valence-corrected chi connectivity index (χ0v) is 11.3. The highest BCUT2D eigenvalue weighted by Crippen LogP contribution is 2.35. The van der Waals surface area contributed by atoms with E-state index in [2.05, 4.69) is 5.32 Å². The van der Waals surface area contributed by atoms with Gasteiger partial charge in [-0.2, -0.15) is 0 Å². The smallest absolute Gasteiger partial charge is 0.144 e. The molecule has 1 aliphatic heterocycles. The molecule has 1 N–H and O–H groups in total. The Bertz CT molecular complexity index is 583. The molecule has 1 atom stereocenters. The van der Waals surface area contributed by atoms with Crippen molar-refractivity contribution in [3.05, 3.63) is 53.1 Å². The summed E-state index contributed by atoms with van der Waals surface area (Å²) in [5, 5.41) is 4.14. The monoisotopic (exact) mass is 275 g/mol. The van der Waals surface area contributed by atoms with Gasteiger partial charge in [0.2, 0.25) is 0 Å². The fourth-order valence-electron chi connectivity index (χ4n) is 2.15. The first-order valence-corrected chi connectivity index (χ1v) is 6.47. The molecule has 1 aliphatic rings. The van der Waals surface area contributed by atoms with Crippen LogP contribution in [0, 0.1) is 0 Å². The second-order valence-corrected chi connectivity index (χ2v) is 4.86. The maximum atomic E-state index is 5.94. The Morgan fingerprint density at radius 1 is 1.21 bits per heavy atom. The standard InChI is InChI=1S/C15H14ClNO2/c1-18-12-5-2-10(3-6-12)14-9-19-15-8-11(16)4-7-13(15)17-14/h2-8,14,17H,9H2,1H3/t14-/m1/s1. The molecule has 0 saturated carbocycles. The predicted molar refractivity (Wildman–Crippen MR) is 76.3 cm³/mol. The maximum absolute atomic E-state index is 5.94. The lowest BCUT2D eigenvalue weighted by Gasteiger charge is -2.28.